The summed E-state index contributed by atoms with van der Waals surface area (Å²) in [6.45, 7) is 0.841. The van der Waals surface area contributed by atoms with E-state index in [0.717, 1.165) is 12.1 Å². The van der Waals surface area contributed by atoms with Gasteiger partial charge in [-0.3, -0.25) is 0 Å². The first-order chi connectivity index (χ1) is 9.13. The molecule has 19 heavy (non-hydrogen) atoms. The van der Waals surface area contributed by atoms with Crippen LogP contribution in [0, 0.1) is 11.3 Å². The van der Waals surface area contributed by atoms with Crippen molar-refractivity contribution in [3.8, 4) is 6.07 Å². The molecule has 0 bridgehead atoms. The van der Waals surface area contributed by atoms with Gasteiger partial charge in [0.05, 0.1) is 14.1 Å². The van der Waals surface area contributed by atoms with Crippen LogP contribution >= 0.6 is 0 Å². The van der Waals surface area contributed by atoms with E-state index in [2.05, 4.69) is 32.3 Å². The highest BCUT2D eigenvalue weighted by Gasteiger charge is 2.29. The van der Waals surface area contributed by atoms with Crippen LogP contribution in [0.4, 0.5) is 0 Å². The third kappa shape index (κ3) is 3.21. The van der Waals surface area contributed by atoms with Gasteiger partial charge in [0, 0.05) is 11.1 Å². The summed E-state index contributed by atoms with van der Waals surface area (Å²) in [6.07, 6.45) is 0. The van der Waals surface area contributed by atoms with Crippen LogP contribution in [0.25, 0.3) is 0 Å². The van der Waals surface area contributed by atoms with Crippen LogP contribution in [0.5, 0.6) is 0 Å². The molecule has 0 amide bonds. The molecule has 2 nitrogen and oxygen atoms in total. The Morgan fingerprint density at radius 1 is 0.947 bits per heavy atom. The van der Waals surface area contributed by atoms with Crippen LogP contribution < -0.4 is 0 Å². The minimum absolute atomic E-state index is 0.151. The van der Waals surface area contributed by atoms with E-state index in [9.17, 15) is 5.26 Å². The van der Waals surface area contributed by atoms with Gasteiger partial charge in [-0.05, 0) is 0 Å². The summed E-state index contributed by atoms with van der Waals surface area (Å²) in [5.41, 5.74) is 2.33. The van der Waals surface area contributed by atoms with Crippen molar-refractivity contribution < 1.29 is 4.48 Å². The van der Waals surface area contributed by atoms with Crippen molar-refractivity contribution in [3.63, 3.8) is 0 Å². The molecule has 0 aliphatic rings. The Kier molecular flexibility index (Phi) is 3.99. The first kappa shape index (κ1) is 13.3. The lowest BCUT2D eigenvalue weighted by molar-refractivity contribution is -0.925. The van der Waals surface area contributed by atoms with Gasteiger partial charge in [-0.25, -0.2) is 0 Å². The van der Waals surface area contributed by atoms with Crippen LogP contribution in [0.2, 0.25) is 0 Å². The standard InChI is InChI=1S/C17H19N2/c1-19(2,14-15-9-5-3-6-10-15)17(13-18)16-11-7-4-8-12-16/h3-12,17H,14H2,1-2H3/q+1. The molecule has 0 spiro atoms. The summed E-state index contributed by atoms with van der Waals surface area (Å²) in [5, 5.41) is 9.53. The number of quaternary nitrogens is 1. The number of rotatable bonds is 4. The Bertz CT molecular complexity index is 553. The molecule has 2 rings (SSSR count). The van der Waals surface area contributed by atoms with Gasteiger partial charge in [-0.15, -0.1) is 0 Å². The molecule has 2 aromatic rings. The largest absolute Gasteiger partial charge is 0.307 e. The van der Waals surface area contributed by atoms with Gasteiger partial charge in [0.1, 0.15) is 12.6 Å². The third-order valence-electron chi connectivity index (χ3n) is 3.37. The van der Waals surface area contributed by atoms with Crippen molar-refractivity contribution >= 4 is 0 Å². The molecule has 0 fully saturated rings. The number of hydrogen-bond acceptors (Lipinski definition) is 1. The zero-order valence-electron chi connectivity index (χ0n) is 11.5. The summed E-state index contributed by atoms with van der Waals surface area (Å²) >= 11 is 0. The first-order valence-corrected chi connectivity index (χ1v) is 6.44. The van der Waals surface area contributed by atoms with E-state index in [4.69, 9.17) is 0 Å². The molecule has 1 unspecified atom stereocenters. The van der Waals surface area contributed by atoms with E-state index >= 15 is 0 Å². The monoisotopic (exact) mass is 251 g/mol. The molecule has 0 radical (unpaired) electrons. The zero-order valence-corrected chi connectivity index (χ0v) is 11.5. The van der Waals surface area contributed by atoms with E-state index < -0.39 is 0 Å². The predicted octanol–water partition coefficient (Wildman–Crippen LogP) is 3.53. The van der Waals surface area contributed by atoms with Crippen LogP contribution in [0.1, 0.15) is 17.2 Å². The lowest BCUT2D eigenvalue weighted by Gasteiger charge is -2.34. The van der Waals surface area contributed by atoms with Crippen molar-refractivity contribution in [2.75, 3.05) is 14.1 Å². The van der Waals surface area contributed by atoms with Gasteiger partial charge >= 0.3 is 0 Å². The van der Waals surface area contributed by atoms with Crippen LogP contribution in [0.3, 0.4) is 0 Å². The van der Waals surface area contributed by atoms with Gasteiger partial charge in [0.25, 0.3) is 0 Å². The Hall–Kier alpha value is -2.11. The summed E-state index contributed by atoms with van der Waals surface area (Å²) in [5.74, 6) is 0. The Morgan fingerprint density at radius 2 is 1.47 bits per heavy atom. The maximum Gasteiger partial charge on any atom is 0.202 e. The van der Waals surface area contributed by atoms with Crippen molar-refractivity contribution in [3.05, 3.63) is 71.8 Å². The third-order valence-corrected chi connectivity index (χ3v) is 3.37. The maximum atomic E-state index is 9.53. The molecule has 1 atom stereocenters. The van der Waals surface area contributed by atoms with Gasteiger partial charge in [0.15, 0.2) is 0 Å². The van der Waals surface area contributed by atoms with E-state index in [1.807, 2.05) is 48.5 Å². The fourth-order valence-corrected chi connectivity index (χ4v) is 2.41. The number of nitriles is 1. The average molecular weight is 251 g/mol. The van der Waals surface area contributed by atoms with E-state index in [1.165, 1.54) is 5.56 Å². The molecule has 96 valence electrons. The average Bonchev–Trinajstić information content (AvgIpc) is 2.41. The maximum absolute atomic E-state index is 9.53. The highest BCUT2D eigenvalue weighted by molar-refractivity contribution is 5.22. The minimum atomic E-state index is -0.151. The molecule has 2 aromatic carbocycles. The minimum Gasteiger partial charge on any atom is -0.307 e. The van der Waals surface area contributed by atoms with Crippen molar-refractivity contribution in [1.82, 2.24) is 0 Å². The molecule has 0 saturated carbocycles. The van der Waals surface area contributed by atoms with Crippen molar-refractivity contribution in [2.45, 2.75) is 12.6 Å². The quantitative estimate of drug-likeness (QED) is 0.763. The molecular weight excluding hydrogens is 232 g/mol. The predicted molar refractivity (Wildman–Crippen MR) is 77.1 cm³/mol. The highest BCUT2D eigenvalue weighted by Crippen LogP contribution is 2.26. The van der Waals surface area contributed by atoms with Gasteiger partial charge < -0.3 is 4.48 Å². The number of hydrogen-bond donors (Lipinski definition) is 0. The van der Waals surface area contributed by atoms with Crippen LogP contribution in [-0.2, 0) is 6.54 Å². The topological polar surface area (TPSA) is 23.8 Å². The van der Waals surface area contributed by atoms with Gasteiger partial charge in [0.2, 0.25) is 6.04 Å². The number of nitrogens with zero attached hydrogens (tertiary/aromatic N) is 2. The summed E-state index contributed by atoms with van der Waals surface area (Å²) in [6, 6.07) is 22.6. The molecule has 0 heterocycles. The zero-order chi connectivity index (χ0) is 13.7. The van der Waals surface area contributed by atoms with Crippen molar-refractivity contribution in [1.29, 1.82) is 5.26 Å². The Balaban J connectivity index is 2.25. The molecule has 2 heteroatoms. The number of benzene rings is 2. The first-order valence-electron chi connectivity index (χ1n) is 6.44. The molecule has 0 aliphatic carbocycles. The molecule has 0 aromatic heterocycles. The summed E-state index contributed by atoms with van der Waals surface area (Å²) in [4.78, 5) is 0. The highest BCUT2D eigenvalue weighted by atomic mass is 15.3. The SMILES string of the molecule is C[N+](C)(Cc1ccccc1)C(C#N)c1ccccc1. The second-order valence-electron chi connectivity index (χ2n) is 5.36. The molecule has 0 aliphatic heterocycles. The smallest absolute Gasteiger partial charge is 0.202 e. The Morgan fingerprint density at radius 3 is 2.00 bits per heavy atom. The second-order valence-corrected chi connectivity index (χ2v) is 5.36. The molecule has 0 N–H and O–H groups in total. The fourth-order valence-electron chi connectivity index (χ4n) is 2.41. The van der Waals surface area contributed by atoms with E-state index in [-0.39, 0.29) is 6.04 Å². The molecular formula is C17H19N2+. The van der Waals surface area contributed by atoms with Crippen molar-refractivity contribution in [2.24, 2.45) is 0 Å². The second kappa shape index (κ2) is 5.69. The van der Waals surface area contributed by atoms with E-state index in [0.29, 0.717) is 4.48 Å². The van der Waals surface area contributed by atoms with Crippen LogP contribution in [-0.4, -0.2) is 18.6 Å². The Labute approximate surface area is 115 Å². The lowest BCUT2D eigenvalue weighted by atomic mass is 10.0. The van der Waals surface area contributed by atoms with E-state index in [1.54, 1.807) is 0 Å². The molecule has 0 saturated heterocycles. The van der Waals surface area contributed by atoms with Gasteiger partial charge in [-0.2, -0.15) is 5.26 Å². The lowest BCUT2D eigenvalue weighted by Crippen LogP contribution is -2.41. The normalized spacial score (nSPS) is 12.7. The summed E-state index contributed by atoms with van der Waals surface area (Å²) in [7, 11) is 4.21. The van der Waals surface area contributed by atoms with Crippen LogP contribution in [0.15, 0.2) is 60.7 Å². The fraction of sp³-hybridized carbons (Fsp3) is 0.235. The van der Waals surface area contributed by atoms with Gasteiger partial charge in [-0.1, -0.05) is 60.7 Å². The summed E-state index contributed by atoms with van der Waals surface area (Å²) < 4.78 is 0.629.